The first-order chi connectivity index (χ1) is 13.5. The van der Waals surface area contributed by atoms with E-state index in [1.165, 1.54) is 0 Å². The number of carbonyl (C=O) groups is 1. The van der Waals surface area contributed by atoms with Gasteiger partial charge in [-0.3, -0.25) is 9.20 Å². The maximum Gasteiger partial charge on any atom is 0.259 e. The summed E-state index contributed by atoms with van der Waals surface area (Å²) < 4.78 is 1.95. The maximum atomic E-state index is 13.5. The molecule has 0 aliphatic heterocycles. The van der Waals surface area contributed by atoms with Crippen LogP contribution in [-0.2, 0) is 0 Å². The number of pyridine rings is 2. The van der Waals surface area contributed by atoms with E-state index >= 15 is 0 Å². The van der Waals surface area contributed by atoms with Gasteiger partial charge in [-0.15, -0.1) is 10.2 Å². The standard InChI is InChI=1S/C21H30N6O/c1-6-9-12-22-17-15-11-10-13-23-19(15)27-18(14(4)5)24-25-20(27)16(17)21(28)26(7-2)8-3/h10-11,13-14,22H,6-9,12H2,1-5H3. The third-order valence-electron chi connectivity index (χ3n) is 5.04. The molecule has 3 rings (SSSR count). The molecule has 0 spiro atoms. The number of hydrogen-bond donors (Lipinski definition) is 1. The van der Waals surface area contributed by atoms with E-state index in [1.54, 1.807) is 6.20 Å². The van der Waals surface area contributed by atoms with E-state index < -0.39 is 0 Å². The van der Waals surface area contributed by atoms with Gasteiger partial charge in [0, 0.05) is 37.1 Å². The monoisotopic (exact) mass is 382 g/mol. The lowest BCUT2D eigenvalue weighted by Gasteiger charge is -2.22. The molecule has 0 fully saturated rings. The number of nitrogens with one attached hydrogen (secondary N) is 1. The number of carbonyl (C=O) groups excluding carboxylic acids is 1. The van der Waals surface area contributed by atoms with E-state index in [2.05, 4.69) is 41.3 Å². The number of nitrogens with zero attached hydrogens (tertiary/aromatic N) is 5. The van der Waals surface area contributed by atoms with E-state index in [9.17, 15) is 4.79 Å². The fourth-order valence-corrected chi connectivity index (χ4v) is 3.50. The van der Waals surface area contributed by atoms with Crippen molar-refractivity contribution in [2.75, 3.05) is 25.0 Å². The summed E-state index contributed by atoms with van der Waals surface area (Å²) in [6.07, 6.45) is 3.87. The molecule has 0 saturated heterocycles. The Morgan fingerprint density at radius 1 is 1.18 bits per heavy atom. The van der Waals surface area contributed by atoms with Crippen molar-refractivity contribution in [2.45, 2.75) is 53.4 Å². The van der Waals surface area contributed by atoms with Gasteiger partial charge in [0.05, 0.1) is 5.69 Å². The van der Waals surface area contributed by atoms with Crippen molar-refractivity contribution in [1.82, 2.24) is 24.5 Å². The highest BCUT2D eigenvalue weighted by Crippen LogP contribution is 2.32. The van der Waals surface area contributed by atoms with Crippen LogP contribution in [0.4, 0.5) is 5.69 Å². The zero-order chi connectivity index (χ0) is 20.3. The second-order valence-electron chi connectivity index (χ2n) is 7.25. The summed E-state index contributed by atoms with van der Waals surface area (Å²) in [5.74, 6) is 0.949. The van der Waals surface area contributed by atoms with Gasteiger partial charge >= 0.3 is 0 Å². The Kier molecular flexibility index (Phi) is 6.11. The number of aromatic nitrogens is 4. The predicted molar refractivity (Wildman–Crippen MR) is 113 cm³/mol. The average Bonchev–Trinajstić information content (AvgIpc) is 3.14. The van der Waals surface area contributed by atoms with Crippen LogP contribution in [0.3, 0.4) is 0 Å². The Morgan fingerprint density at radius 3 is 2.57 bits per heavy atom. The highest BCUT2D eigenvalue weighted by molar-refractivity contribution is 6.11. The molecule has 0 aliphatic carbocycles. The molecule has 3 aromatic rings. The number of fused-ring (bicyclic) bond motifs is 3. The molecule has 3 heterocycles. The second kappa shape index (κ2) is 8.54. The average molecular weight is 383 g/mol. The summed E-state index contributed by atoms with van der Waals surface area (Å²) in [7, 11) is 0. The first kappa shape index (κ1) is 20.0. The molecule has 28 heavy (non-hydrogen) atoms. The van der Waals surface area contributed by atoms with Crippen molar-refractivity contribution in [3.63, 3.8) is 0 Å². The fourth-order valence-electron chi connectivity index (χ4n) is 3.50. The molecule has 7 heteroatoms. The minimum Gasteiger partial charge on any atom is -0.384 e. The summed E-state index contributed by atoms with van der Waals surface area (Å²) in [5, 5.41) is 13.3. The number of anilines is 1. The molecular weight excluding hydrogens is 352 g/mol. The SMILES string of the molecule is CCCCNc1c(C(=O)N(CC)CC)c2nnc(C(C)C)n2c2ncccc12. The summed E-state index contributed by atoms with van der Waals surface area (Å²) in [6.45, 7) is 12.4. The van der Waals surface area contributed by atoms with Crippen LogP contribution >= 0.6 is 0 Å². The lowest BCUT2D eigenvalue weighted by Crippen LogP contribution is -2.32. The highest BCUT2D eigenvalue weighted by Gasteiger charge is 2.27. The smallest absolute Gasteiger partial charge is 0.259 e. The van der Waals surface area contributed by atoms with Gasteiger partial charge in [-0.25, -0.2) is 4.98 Å². The Labute approximate surface area is 166 Å². The fraction of sp³-hybridized carbons (Fsp3) is 0.524. The van der Waals surface area contributed by atoms with Crippen LogP contribution in [0.5, 0.6) is 0 Å². The highest BCUT2D eigenvalue weighted by atomic mass is 16.2. The molecule has 150 valence electrons. The molecule has 0 radical (unpaired) electrons. The Bertz CT molecular complexity index is 974. The van der Waals surface area contributed by atoms with Crippen molar-refractivity contribution < 1.29 is 4.79 Å². The first-order valence-electron chi connectivity index (χ1n) is 10.2. The lowest BCUT2D eigenvalue weighted by atomic mass is 10.1. The number of unbranched alkanes of at least 4 members (excludes halogenated alkanes) is 1. The van der Waals surface area contributed by atoms with Crippen molar-refractivity contribution >= 4 is 28.3 Å². The van der Waals surface area contributed by atoms with Crippen molar-refractivity contribution in [1.29, 1.82) is 0 Å². The van der Waals surface area contributed by atoms with Crippen molar-refractivity contribution in [3.05, 3.63) is 29.7 Å². The topological polar surface area (TPSA) is 75.4 Å². The summed E-state index contributed by atoms with van der Waals surface area (Å²) in [4.78, 5) is 19.9. The molecular formula is C21H30N6O. The van der Waals surface area contributed by atoms with E-state index in [0.29, 0.717) is 24.3 Å². The van der Waals surface area contributed by atoms with Gasteiger partial charge in [0.15, 0.2) is 5.65 Å². The van der Waals surface area contributed by atoms with Crippen LogP contribution in [0.1, 0.15) is 69.6 Å². The lowest BCUT2D eigenvalue weighted by molar-refractivity contribution is 0.0775. The molecule has 1 N–H and O–H groups in total. The van der Waals surface area contributed by atoms with Gasteiger partial charge in [-0.1, -0.05) is 27.2 Å². The third kappa shape index (κ3) is 3.41. The Hall–Kier alpha value is -2.70. The quantitative estimate of drug-likeness (QED) is 0.594. The van der Waals surface area contributed by atoms with Crippen LogP contribution in [0.25, 0.3) is 16.7 Å². The summed E-state index contributed by atoms with van der Waals surface area (Å²) in [6, 6.07) is 3.92. The number of amides is 1. The summed E-state index contributed by atoms with van der Waals surface area (Å²) in [5.41, 5.74) is 2.75. The minimum atomic E-state index is -0.0255. The largest absolute Gasteiger partial charge is 0.384 e. The van der Waals surface area contributed by atoms with Gasteiger partial charge in [0.2, 0.25) is 0 Å². The molecule has 1 amide bonds. The Morgan fingerprint density at radius 2 is 1.93 bits per heavy atom. The van der Waals surface area contributed by atoms with Gasteiger partial charge in [0.25, 0.3) is 5.91 Å². The second-order valence-corrected chi connectivity index (χ2v) is 7.25. The normalized spacial score (nSPS) is 11.5. The maximum absolute atomic E-state index is 13.5. The van der Waals surface area contributed by atoms with Gasteiger partial charge in [-0.05, 0) is 32.4 Å². The number of hydrogen-bond acceptors (Lipinski definition) is 5. The first-order valence-corrected chi connectivity index (χ1v) is 10.2. The molecule has 0 bridgehead atoms. The molecule has 3 aromatic heterocycles. The van der Waals surface area contributed by atoms with E-state index in [-0.39, 0.29) is 11.8 Å². The van der Waals surface area contributed by atoms with E-state index in [4.69, 9.17) is 0 Å². The van der Waals surface area contributed by atoms with E-state index in [0.717, 1.165) is 41.9 Å². The predicted octanol–water partition coefficient (Wildman–Crippen LogP) is 4.09. The van der Waals surface area contributed by atoms with Gasteiger partial charge in [-0.2, -0.15) is 0 Å². The zero-order valence-corrected chi connectivity index (χ0v) is 17.5. The third-order valence-corrected chi connectivity index (χ3v) is 5.04. The van der Waals surface area contributed by atoms with Crippen LogP contribution in [0.2, 0.25) is 0 Å². The van der Waals surface area contributed by atoms with Crippen LogP contribution in [0.15, 0.2) is 18.3 Å². The molecule has 0 saturated carbocycles. The van der Waals surface area contributed by atoms with Crippen LogP contribution in [0, 0.1) is 0 Å². The van der Waals surface area contributed by atoms with Crippen molar-refractivity contribution in [2.24, 2.45) is 0 Å². The zero-order valence-electron chi connectivity index (χ0n) is 17.5. The van der Waals surface area contributed by atoms with Crippen LogP contribution in [-0.4, -0.2) is 50.0 Å². The minimum absolute atomic E-state index is 0.0255. The summed E-state index contributed by atoms with van der Waals surface area (Å²) >= 11 is 0. The van der Waals surface area contributed by atoms with Gasteiger partial charge < -0.3 is 10.2 Å². The molecule has 0 aromatic carbocycles. The molecule has 0 unspecified atom stereocenters. The van der Waals surface area contributed by atoms with E-state index in [1.807, 2.05) is 35.3 Å². The Balaban J connectivity index is 2.38. The van der Waals surface area contributed by atoms with Crippen LogP contribution < -0.4 is 5.32 Å². The molecule has 7 nitrogen and oxygen atoms in total. The van der Waals surface area contributed by atoms with Crippen molar-refractivity contribution in [3.8, 4) is 0 Å². The number of rotatable bonds is 8. The molecule has 0 aliphatic rings. The van der Waals surface area contributed by atoms with Gasteiger partial charge in [0.1, 0.15) is 17.0 Å². The molecule has 0 atom stereocenters.